The van der Waals surface area contributed by atoms with Crippen molar-refractivity contribution < 1.29 is 9.53 Å². The molecule has 0 spiro atoms. The van der Waals surface area contributed by atoms with Crippen molar-refractivity contribution in [1.29, 1.82) is 0 Å². The molecule has 0 saturated carbocycles. The summed E-state index contributed by atoms with van der Waals surface area (Å²) >= 11 is 4.09. The van der Waals surface area contributed by atoms with Crippen LogP contribution in [0.25, 0.3) is 0 Å². The summed E-state index contributed by atoms with van der Waals surface area (Å²) in [6, 6.07) is 0. The number of thioether (sulfide) groups is 2. The van der Waals surface area contributed by atoms with Gasteiger partial charge in [0.1, 0.15) is 6.61 Å². The number of hydrogen-bond acceptors (Lipinski definition) is 5. The molecule has 0 aromatic carbocycles. The van der Waals surface area contributed by atoms with Crippen LogP contribution in [0.15, 0.2) is 0 Å². The van der Waals surface area contributed by atoms with Crippen molar-refractivity contribution in [3.8, 4) is 0 Å². The Labute approximate surface area is 253 Å². The standard InChI is InChI=1S/C33H68N2O2S2/c1-5-9-11-13-15-17-19-21-23-28-38-31-32(39-29-24-22-20-18-16-14-12-10-6-2)30-37-33(36)34-26-25-27-35(7-3)8-4/h32H,5-31H2,1-4H3,(H,34,36). The van der Waals surface area contributed by atoms with Gasteiger partial charge in [-0.05, 0) is 50.4 Å². The van der Waals surface area contributed by atoms with Gasteiger partial charge in [-0.25, -0.2) is 4.79 Å². The second-order valence-corrected chi connectivity index (χ2v) is 13.7. The molecule has 0 aliphatic heterocycles. The molecule has 0 aromatic rings. The number of nitrogens with zero attached hydrogens (tertiary/aromatic N) is 1. The minimum atomic E-state index is -0.243. The second kappa shape index (κ2) is 32.4. The van der Waals surface area contributed by atoms with Crippen molar-refractivity contribution in [3.05, 3.63) is 0 Å². The predicted molar refractivity (Wildman–Crippen MR) is 180 cm³/mol. The quantitative estimate of drug-likeness (QED) is 0.0816. The van der Waals surface area contributed by atoms with Gasteiger partial charge in [-0.1, -0.05) is 130 Å². The van der Waals surface area contributed by atoms with E-state index in [1.165, 1.54) is 127 Å². The molecule has 234 valence electrons. The molecular formula is C33H68N2O2S2. The maximum Gasteiger partial charge on any atom is 0.407 e. The van der Waals surface area contributed by atoms with Crippen LogP contribution < -0.4 is 5.32 Å². The van der Waals surface area contributed by atoms with Crippen LogP contribution in [0, 0.1) is 0 Å². The molecule has 1 amide bonds. The molecule has 0 heterocycles. The minimum Gasteiger partial charge on any atom is -0.448 e. The highest BCUT2D eigenvalue weighted by Crippen LogP contribution is 2.21. The van der Waals surface area contributed by atoms with E-state index in [1.54, 1.807) is 0 Å². The average Bonchev–Trinajstić information content (AvgIpc) is 2.95. The van der Waals surface area contributed by atoms with Crippen molar-refractivity contribution in [1.82, 2.24) is 10.2 Å². The lowest BCUT2D eigenvalue weighted by atomic mass is 10.1. The molecule has 0 aliphatic carbocycles. The number of hydrogen-bond donors (Lipinski definition) is 1. The molecule has 0 fully saturated rings. The molecule has 1 atom stereocenters. The average molecular weight is 589 g/mol. The van der Waals surface area contributed by atoms with Gasteiger partial charge in [-0.3, -0.25) is 0 Å². The lowest BCUT2D eigenvalue weighted by Crippen LogP contribution is -2.31. The van der Waals surface area contributed by atoms with Gasteiger partial charge in [0, 0.05) is 17.5 Å². The molecule has 0 aromatic heterocycles. The largest absolute Gasteiger partial charge is 0.448 e. The number of carbonyl (C=O) groups is 1. The monoisotopic (exact) mass is 588 g/mol. The fourth-order valence-corrected chi connectivity index (χ4v) is 7.27. The van der Waals surface area contributed by atoms with Gasteiger partial charge < -0.3 is 15.0 Å². The lowest BCUT2D eigenvalue weighted by molar-refractivity contribution is 0.147. The summed E-state index contributed by atoms with van der Waals surface area (Å²) in [6.07, 6.45) is 25.6. The minimum absolute atomic E-state index is 0.243. The van der Waals surface area contributed by atoms with Gasteiger partial charge in [-0.15, -0.1) is 0 Å². The molecule has 39 heavy (non-hydrogen) atoms. The van der Waals surface area contributed by atoms with Crippen molar-refractivity contribution in [2.24, 2.45) is 0 Å². The molecule has 0 aliphatic rings. The summed E-state index contributed by atoms with van der Waals surface area (Å²) in [6.45, 7) is 13.3. The van der Waals surface area contributed by atoms with Crippen LogP contribution in [0.2, 0.25) is 0 Å². The fraction of sp³-hybridized carbons (Fsp3) is 0.970. The fourth-order valence-electron chi connectivity index (χ4n) is 4.79. The van der Waals surface area contributed by atoms with E-state index in [4.69, 9.17) is 4.74 Å². The zero-order valence-electron chi connectivity index (χ0n) is 26.7. The highest BCUT2D eigenvalue weighted by atomic mass is 32.2. The molecule has 0 radical (unpaired) electrons. The highest BCUT2D eigenvalue weighted by molar-refractivity contribution is 8.03. The van der Waals surface area contributed by atoms with Crippen LogP contribution in [-0.4, -0.2) is 66.3 Å². The molecule has 1 unspecified atom stereocenters. The van der Waals surface area contributed by atoms with E-state index in [0.717, 1.165) is 31.8 Å². The van der Waals surface area contributed by atoms with E-state index >= 15 is 0 Å². The summed E-state index contributed by atoms with van der Waals surface area (Å²) in [5.41, 5.74) is 0. The Bertz CT molecular complexity index is 492. The van der Waals surface area contributed by atoms with Crippen molar-refractivity contribution >= 4 is 29.6 Å². The maximum absolute atomic E-state index is 12.3. The first-order valence-corrected chi connectivity index (χ1v) is 19.2. The Balaban J connectivity index is 4.09. The molecule has 0 saturated heterocycles. The number of carbonyl (C=O) groups excluding carboxylic acids is 1. The smallest absolute Gasteiger partial charge is 0.407 e. The van der Waals surface area contributed by atoms with Gasteiger partial charge in [0.05, 0.1) is 0 Å². The van der Waals surface area contributed by atoms with E-state index in [9.17, 15) is 4.79 Å². The lowest BCUT2D eigenvalue weighted by Gasteiger charge is -2.18. The Morgan fingerprint density at radius 3 is 1.67 bits per heavy atom. The summed E-state index contributed by atoms with van der Waals surface area (Å²) in [7, 11) is 0. The Morgan fingerprint density at radius 1 is 0.667 bits per heavy atom. The second-order valence-electron chi connectivity index (χ2n) is 11.1. The van der Waals surface area contributed by atoms with Crippen molar-refractivity contribution in [2.45, 2.75) is 155 Å². The highest BCUT2D eigenvalue weighted by Gasteiger charge is 2.13. The van der Waals surface area contributed by atoms with Gasteiger partial charge in [0.25, 0.3) is 0 Å². The zero-order valence-corrected chi connectivity index (χ0v) is 28.4. The van der Waals surface area contributed by atoms with Crippen molar-refractivity contribution in [3.63, 3.8) is 0 Å². The van der Waals surface area contributed by atoms with Crippen LogP contribution >= 0.6 is 23.5 Å². The van der Waals surface area contributed by atoms with E-state index in [2.05, 4.69) is 49.7 Å². The molecule has 1 N–H and O–H groups in total. The van der Waals surface area contributed by atoms with Crippen LogP contribution in [0.4, 0.5) is 4.79 Å². The first kappa shape index (κ1) is 38.9. The van der Waals surface area contributed by atoms with Crippen LogP contribution in [0.1, 0.15) is 150 Å². The summed E-state index contributed by atoms with van der Waals surface area (Å²) in [4.78, 5) is 14.7. The van der Waals surface area contributed by atoms with Gasteiger partial charge in [0.15, 0.2) is 0 Å². The van der Waals surface area contributed by atoms with Gasteiger partial charge in [0.2, 0.25) is 0 Å². The summed E-state index contributed by atoms with van der Waals surface area (Å²) in [5, 5.41) is 3.36. The third-order valence-corrected chi connectivity index (χ3v) is 10.2. The number of unbranched alkanes of at least 4 members (excludes halogenated alkanes) is 16. The van der Waals surface area contributed by atoms with E-state index in [1.807, 2.05) is 11.8 Å². The third kappa shape index (κ3) is 29.2. The first-order chi connectivity index (χ1) is 19.2. The van der Waals surface area contributed by atoms with Crippen molar-refractivity contribution in [2.75, 3.05) is 50.0 Å². The van der Waals surface area contributed by atoms with Gasteiger partial charge >= 0.3 is 6.09 Å². The Morgan fingerprint density at radius 2 is 1.15 bits per heavy atom. The van der Waals surface area contributed by atoms with E-state index < -0.39 is 0 Å². The summed E-state index contributed by atoms with van der Waals surface area (Å²) in [5.74, 6) is 3.52. The molecule has 0 rings (SSSR count). The van der Waals surface area contributed by atoms with E-state index in [-0.39, 0.29) is 6.09 Å². The predicted octanol–water partition coefficient (Wildman–Crippen LogP) is 10.3. The van der Waals surface area contributed by atoms with Crippen LogP contribution in [0.5, 0.6) is 0 Å². The third-order valence-electron chi connectivity index (χ3n) is 7.51. The number of ether oxygens (including phenoxy) is 1. The summed E-state index contributed by atoms with van der Waals surface area (Å²) < 4.78 is 5.66. The van der Waals surface area contributed by atoms with E-state index in [0.29, 0.717) is 18.4 Å². The number of rotatable bonds is 31. The van der Waals surface area contributed by atoms with Crippen LogP contribution in [0.3, 0.4) is 0 Å². The van der Waals surface area contributed by atoms with Gasteiger partial charge in [-0.2, -0.15) is 23.5 Å². The molecule has 4 nitrogen and oxygen atoms in total. The molecular weight excluding hydrogens is 521 g/mol. The topological polar surface area (TPSA) is 41.6 Å². The maximum atomic E-state index is 12.3. The normalized spacial score (nSPS) is 12.2. The molecule has 0 bridgehead atoms. The zero-order chi connectivity index (χ0) is 28.7. The number of nitrogens with one attached hydrogen (secondary N) is 1. The number of amides is 1. The SMILES string of the molecule is CCCCCCCCCCCSCC(COC(=O)NCCCN(CC)CC)SCCCCCCCCCCC. The first-order valence-electron chi connectivity index (χ1n) is 17.0. The molecule has 6 heteroatoms. The number of alkyl carbamates (subject to hydrolysis) is 1. The Hall–Kier alpha value is -0.0700. The Kier molecular flexibility index (Phi) is 32.4. The van der Waals surface area contributed by atoms with Crippen LogP contribution in [-0.2, 0) is 4.74 Å².